The molecule has 0 radical (unpaired) electrons. The first kappa shape index (κ1) is 20.1. The standard InChI is InChI=1S/C27H24FN3O/c1-19-8-10-20(11-9-19)17-29-27(32)31-18-22-5-2-3-6-24(22)30-16-4-7-25(30)26(31)21-12-14-23(28)15-13-21/h2-16,26H,17-18H2,1H3,(H,29,32). The Labute approximate surface area is 186 Å². The van der Waals surface area contributed by atoms with Crippen molar-refractivity contribution < 1.29 is 9.18 Å². The van der Waals surface area contributed by atoms with Crippen molar-refractivity contribution in [2.24, 2.45) is 0 Å². The van der Waals surface area contributed by atoms with Gasteiger partial charge in [0.1, 0.15) is 5.82 Å². The van der Waals surface area contributed by atoms with Crippen molar-refractivity contribution in [3.63, 3.8) is 0 Å². The SMILES string of the molecule is Cc1ccc(CNC(=O)N2Cc3ccccc3-n3cccc3C2c2ccc(F)cc2)cc1. The number of para-hydroxylation sites is 1. The molecule has 5 heteroatoms. The molecule has 4 aromatic rings. The van der Waals surface area contributed by atoms with Gasteiger partial charge in [0.25, 0.3) is 0 Å². The van der Waals surface area contributed by atoms with Gasteiger partial charge in [-0.25, -0.2) is 9.18 Å². The van der Waals surface area contributed by atoms with E-state index >= 15 is 0 Å². The quantitative estimate of drug-likeness (QED) is 0.447. The minimum absolute atomic E-state index is 0.163. The number of fused-ring (bicyclic) bond motifs is 3. The number of rotatable bonds is 3. The number of halogens is 1. The molecule has 1 aromatic heterocycles. The number of urea groups is 1. The van der Waals surface area contributed by atoms with Crippen LogP contribution in [0.25, 0.3) is 5.69 Å². The third kappa shape index (κ3) is 3.78. The van der Waals surface area contributed by atoms with E-state index in [4.69, 9.17) is 0 Å². The molecule has 0 spiro atoms. The molecular formula is C27H24FN3O. The normalized spacial score (nSPS) is 14.9. The Morgan fingerprint density at radius 2 is 1.72 bits per heavy atom. The number of hydrogen-bond acceptors (Lipinski definition) is 1. The molecule has 0 aliphatic carbocycles. The number of amides is 2. The minimum atomic E-state index is -0.351. The van der Waals surface area contributed by atoms with Crippen molar-refractivity contribution in [1.82, 2.24) is 14.8 Å². The van der Waals surface area contributed by atoms with E-state index in [0.29, 0.717) is 13.1 Å². The van der Waals surface area contributed by atoms with E-state index in [2.05, 4.69) is 16.0 Å². The maximum Gasteiger partial charge on any atom is 0.318 e. The minimum Gasteiger partial charge on any atom is -0.334 e. The Hall–Kier alpha value is -3.86. The Morgan fingerprint density at radius 3 is 2.50 bits per heavy atom. The lowest BCUT2D eigenvalue weighted by atomic mass is 10.0. The van der Waals surface area contributed by atoms with Gasteiger partial charge in [0.2, 0.25) is 0 Å². The van der Waals surface area contributed by atoms with Crippen LogP contribution in [0, 0.1) is 12.7 Å². The van der Waals surface area contributed by atoms with Crippen LogP contribution in [0.3, 0.4) is 0 Å². The molecule has 2 amide bonds. The lowest BCUT2D eigenvalue weighted by Gasteiger charge is -2.31. The monoisotopic (exact) mass is 425 g/mol. The van der Waals surface area contributed by atoms with E-state index in [1.807, 2.05) is 72.6 Å². The van der Waals surface area contributed by atoms with E-state index < -0.39 is 0 Å². The lowest BCUT2D eigenvalue weighted by Crippen LogP contribution is -2.41. The summed E-state index contributed by atoms with van der Waals surface area (Å²) in [5, 5.41) is 3.08. The number of aryl methyl sites for hydroxylation is 1. The Morgan fingerprint density at radius 1 is 0.969 bits per heavy atom. The summed E-state index contributed by atoms with van der Waals surface area (Å²) in [4.78, 5) is 15.3. The van der Waals surface area contributed by atoms with E-state index in [1.165, 1.54) is 17.7 Å². The number of benzene rings is 3. The summed E-state index contributed by atoms with van der Waals surface area (Å²) in [5.41, 5.74) is 6.16. The molecule has 4 nitrogen and oxygen atoms in total. The van der Waals surface area contributed by atoms with Crippen molar-refractivity contribution in [1.29, 1.82) is 0 Å². The molecule has 0 fully saturated rings. The van der Waals surface area contributed by atoms with Crippen LogP contribution in [0.1, 0.15) is 34.0 Å². The Bertz CT molecular complexity index is 1240. The molecular weight excluding hydrogens is 401 g/mol. The van der Waals surface area contributed by atoms with Gasteiger partial charge in [-0.1, -0.05) is 60.2 Å². The van der Waals surface area contributed by atoms with Gasteiger partial charge in [0, 0.05) is 18.4 Å². The lowest BCUT2D eigenvalue weighted by molar-refractivity contribution is 0.180. The predicted octanol–water partition coefficient (Wildman–Crippen LogP) is 5.74. The summed E-state index contributed by atoms with van der Waals surface area (Å²) in [6.07, 6.45) is 2.01. The summed E-state index contributed by atoms with van der Waals surface area (Å²) in [5.74, 6) is -0.295. The highest BCUT2D eigenvalue weighted by molar-refractivity contribution is 5.76. The molecule has 1 unspecified atom stereocenters. The van der Waals surface area contributed by atoms with E-state index in [-0.39, 0.29) is 17.9 Å². The molecule has 0 saturated carbocycles. The van der Waals surface area contributed by atoms with Crippen LogP contribution >= 0.6 is 0 Å². The van der Waals surface area contributed by atoms with Crippen LogP contribution in [-0.4, -0.2) is 15.5 Å². The Balaban J connectivity index is 1.54. The number of carbonyl (C=O) groups excluding carboxylic acids is 1. The van der Waals surface area contributed by atoms with Gasteiger partial charge in [-0.05, 0) is 53.9 Å². The second-order valence-corrected chi connectivity index (χ2v) is 8.16. The fraction of sp³-hybridized carbons (Fsp3) is 0.148. The number of hydrogen-bond donors (Lipinski definition) is 1. The van der Waals surface area contributed by atoms with E-state index in [0.717, 1.165) is 28.1 Å². The maximum absolute atomic E-state index is 13.7. The van der Waals surface area contributed by atoms with Crippen LogP contribution in [-0.2, 0) is 13.1 Å². The molecule has 1 aliphatic rings. The first-order valence-corrected chi connectivity index (χ1v) is 10.7. The third-order valence-corrected chi connectivity index (χ3v) is 5.97. The molecule has 32 heavy (non-hydrogen) atoms. The second kappa shape index (κ2) is 8.35. The van der Waals surface area contributed by atoms with Gasteiger partial charge in [-0.15, -0.1) is 0 Å². The smallest absolute Gasteiger partial charge is 0.318 e. The number of aromatic nitrogens is 1. The van der Waals surface area contributed by atoms with E-state index in [1.54, 1.807) is 12.1 Å². The van der Waals surface area contributed by atoms with Crippen molar-refractivity contribution in [3.05, 3.63) is 125 Å². The molecule has 1 N–H and O–H groups in total. The molecule has 1 aliphatic heterocycles. The summed E-state index contributed by atoms with van der Waals surface area (Å²) in [7, 11) is 0. The highest BCUT2D eigenvalue weighted by Crippen LogP contribution is 2.36. The van der Waals surface area contributed by atoms with Gasteiger partial charge >= 0.3 is 6.03 Å². The number of nitrogens with one attached hydrogen (secondary N) is 1. The first-order chi connectivity index (χ1) is 15.6. The highest BCUT2D eigenvalue weighted by atomic mass is 19.1. The average molecular weight is 426 g/mol. The third-order valence-electron chi connectivity index (χ3n) is 5.97. The molecule has 2 heterocycles. The van der Waals surface area contributed by atoms with Crippen molar-refractivity contribution in [2.75, 3.05) is 0 Å². The van der Waals surface area contributed by atoms with Crippen LogP contribution < -0.4 is 5.32 Å². The van der Waals surface area contributed by atoms with Gasteiger partial charge in [-0.2, -0.15) is 0 Å². The fourth-order valence-electron chi connectivity index (χ4n) is 4.32. The van der Waals surface area contributed by atoms with Crippen LogP contribution in [0.2, 0.25) is 0 Å². The Kier molecular flexibility index (Phi) is 5.23. The molecule has 5 rings (SSSR count). The van der Waals surface area contributed by atoms with Crippen molar-refractivity contribution >= 4 is 6.03 Å². The fourth-order valence-corrected chi connectivity index (χ4v) is 4.32. The zero-order valence-corrected chi connectivity index (χ0v) is 17.8. The zero-order valence-electron chi connectivity index (χ0n) is 17.8. The van der Waals surface area contributed by atoms with Gasteiger partial charge < -0.3 is 14.8 Å². The van der Waals surface area contributed by atoms with Gasteiger partial charge in [-0.3, -0.25) is 0 Å². The van der Waals surface area contributed by atoms with Gasteiger partial charge in [0.05, 0.1) is 18.3 Å². The summed E-state index contributed by atoms with van der Waals surface area (Å²) < 4.78 is 15.8. The summed E-state index contributed by atoms with van der Waals surface area (Å²) >= 11 is 0. The molecule has 0 bridgehead atoms. The zero-order chi connectivity index (χ0) is 22.1. The summed E-state index contributed by atoms with van der Waals surface area (Å²) in [6, 6.07) is 26.1. The average Bonchev–Trinajstić information content (AvgIpc) is 3.24. The predicted molar refractivity (Wildman–Crippen MR) is 123 cm³/mol. The topological polar surface area (TPSA) is 37.3 Å². The number of nitrogens with zero attached hydrogens (tertiary/aromatic N) is 2. The van der Waals surface area contributed by atoms with Gasteiger partial charge in [0.15, 0.2) is 0 Å². The van der Waals surface area contributed by atoms with Crippen LogP contribution in [0.5, 0.6) is 0 Å². The van der Waals surface area contributed by atoms with Crippen molar-refractivity contribution in [2.45, 2.75) is 26.1 Å². The van der Waals surface area contributed by atoms with Crippen LogP contribution in [0.15, 0.2) is 91.1 Å². The molecule has 160 valence electrons. The molecule has 3 aromatic carbocycles. The van der Waals surface area contributed by atoms with Crippen molar-refractivity contribution in [3.8, 4) is 5.69 Å². The summed E-state index contributed by atoms with van der Waals surface area (Å²) in [6.45, 7) is 2.92. The first-order valence-electron chi connectivity index (χ1n) is 10.7. The maximum atomic E-state index is 13.7. The van der Waals surface area contributed by atoms with E-state index in [9.17, 15) is 9.18 Å². The van der Waals surface area contributed by atoms with Crippen LogP contribution in [0.4, 0.5) is 9.18 Å². The second-order valence-electron chi connectivity index (χ2n) is 8.16. The molecule has 1 atom stereocenters. The largest absolute Gasteiger partial charge is 0.334 e. The molecule has 0 saturated heterocycles. The highest BCUT2D eigenvalue weighted by Gasteiger charge is 2.32. The number of carbonyl (C=O) groups is 1.